The van der Waals surface area contributed by atoms with Gasteiger partial charge >= 0.3 is 5.97 Å². The van der Waals surface area contributed by atoms with Crippen molar-refractivity contribution < 1.29 is 9.90 Å². The van der Waals surface area contributed by atoms with E-state index in [0.717, 1.165) is 42.6 Å². The Hall–Kier alpha value is -2.34. The predicted octanol–water partition coefficient (Wildman–Crippen LogP) is 3.83. The molecule has 1 fully saturated rings. The van der Waals surface area contributed by atoms with E-state index in [0.29, 0.717) is 24.0 Å². The largest absolute Gasteiger partial charge is 0.481 e. The number of thiocarbonyl (C=S) groups is 1. The lowest BCUT2D eigenvalue weighted by atomic mass is 9.77. The number of nitrogens with zero attached hydrogens (tertiary/aromatic N) is 2. The molecule has 1 aliphatic carbocycles. The molecule has 136 valence electrons. The van der Waals surface area contributed by atoms with Crippen molar-refractivity contribution in [2.45, 2.75) is 44.9 Å². The van der Waals surface area contributed by atoms with Gasteiger partial charge in [-0.15, -0.1) is 0 Å². The van der Waals surface area contributed by atoms with E-state index in [-0.39, 0.29) is 4.99 Å². The number of nitrogens with two attached hydrogens (primary N) is 1. The molecule has 6 heteroatoms. The first-order valence-corrected chi connectivity index (χ1v) is 9.30. The summed E-state index contributed by atoms with van der Waals surface area (Å²) in [6.07, 6.45) is 5.97. The Morgan fingerprint density at radius 3 is 2.46 bits per heavy atom. The zero-order valence-electron chi connectivity index (χ0n) is 14.8. The smallest absolute Gasteiger partial charge is 0.303 e. The van der Waals surface area contributed by atoms with Gasteiger partial charge in [-0.1, -0.05) is 36.5 Å². The molecule has 0 atom stereocenters. The van der Waals surface area contributed by atoms with Crippen LogP contribution in [0.15, 0.2) is 30.5 Å². The molecule has 0 radical (unpaired) electrons. The lowest BCUT2D eigenvalue weighted by Crippen LogP contribution is -2.16. The van der Waals surface area contributed by atoms with Crippen LogP contribution in [0.25, 0.3) is 11.3 Å². The van der Waals surface area contributed by atoms with Crippen LogP contribution in [0, 0.1) is 12.8 Å². The first-order valence-electron chi connectivity index (χ1n) is 8.89. The Bertz CT molecular complexity index is 812. The maximum Gasteiger partial charge on any atom is 0.303 e. The lowest BCUT2D eigenvalue weighted by Gasteiger charge is -2.28. The van der Waals surface area contributed by atoms with Gasteiger partial charge in [-0.2, -0.15) is 0 Å². The molecule has 0 unspecified atom stereocenters. The van der Waals surface area contributed by atoms with Gasteiger partial charge in [0.05, 0.1) is 17.6 Å². The molecule has 1 saturated carbocycles. The molecule has 0 saturated heterocycles. The van der Waals surface area contributed by atoms with Crippen LogP contribution in [-0.2, 0) is 4.79 Å². The van der Waals surface area contributed by atoms with Crippen LogP contribution in [0.5, 0.6) is 0 Å². The van der Waals surface area contributed by atoms with Crippen molar-refractivity contribution in [3.63, 3.8) is 0 Å². The molecule has 1 aromatic carbocycles. The lowest BCUT2D eigenvalue weighted by molar-refractivity contribution is -0.138. The van der Waals surface area contributed by atoms with Crippen molar-refractivity contribution in [2.75, 3.05) is 0 Å². The van der Waals surface area contributed by atoms with Crippen LogP contribution in [0.1, 0.15) is 55.0 Å². The van der Waals surface area contributed by atoms with Crippen LogP contribution >= 0.6 is 12.2 Å². The van der Waals surface area contributed by atoms with Gasteiger partial charge in [0.2, 0.25) is 0 Å². The van der Waals surface area contributed by atoms with E-state index < -0.39 is 5.97 Å². The van der Waals surface area contributed by atoms with E-state index in [4.69, 9.17) is 23.1 Å². The fourth-order valence-corrected chi connectivity index (χ4v) is 3.80. The zero-order chi connectivity index (χ0) is 18.7. The summed E-state index contributed by atoms with van der Waals surface area (Å²) >= 11 is 5.00. The van der Waals surface area contributed by atoms with Gasteiger partial charge in [0.15, 0.2) is 0 Å². The molecule has 1 aromatic heterocycles. The number of benzene rings is 1. The minimum absolute atomic E-state index is 0.244. The average Bonchev–Trinajstić information content (AvgIpc) is 2.62. The Morgan fingerprint density at radius 2 is 1.88 bits per heavy atom. The third-order valence-corrected chi connectivity index (χ3v) is 5.38. The van der Waals surface area contributed by atoms with E-state index in [1.54, 1.807) is 6.20 Å². The molecule has 0 amide bonds. The number of aryl methyl sites for hydroxylation is 1. The molecule has 2 aromatic rings. The highest BCUT2D eigenvalue weighted by molar-refractivity contribution is 7.80. The molecule has 0 spiro atoms. The summed E-state index contributed by atoms with van der Waals surface area (Å²) in [5, 5.41) is 8.94. The molecular formula is C20H23N3O2S. The highest BCUT2D eigenvalue weighted by Crippen LogP contribution is 2.37. The van der Waals surface area contributed by atoms with Gasteiger partial charge in [0, 0.05) is 12.0 Å². The summed E-state index contributed by atoms with van der Waals surface area (Å²) in [5.74, 6) is 0.140. The second kappa shape index (κ2) is 7.91. The topological polar surface area (TPSA) is 89.1 Å². The minimum Gasteiger partial charge on any atom is -0.481 e. The molecule has 26 heavy (non-hydrogen) atoms. The van der Waals surface area contributed by atoms with E-state index in [1.807, 2.05) is 6.92 Å². The van der Waals surface area contributed by atoms with Gasteiger partial charge in [-0.3, -0.25) is 9.78 Å². The Morgan fingerprint density at radius 1 is 1.23 bits per heavy atom. The maximum atomic E-state index is 10.9. The van der Waals surface area contributed by atoms with E-state index >= 15 is 0 Å². The molecule has 1 heterocycles. The molecule has 5 nitrogen and oxygen atoms in total. The monoisotopic (exact) mass is 369 g/mol. The maximum absolute atomic E-state index is 10.9. The number of carboxylic acid groups (broad SMARTS) is 1. The summed E-state index contributed by atoms with van der Waals surface area (Å²) in [5.41, 5.74) is 10.1. The number of hydrogen-bond donors (Lipinski definition) is 2. The summed E-state index contributed by atoms with van der Waals surface area (Å²) < 4.78 is 0. The molecule has 3 rings (SSSR count). The molecule has 1 aliphatic rings. The van der Waals surface area contributed by atoms with Crippen molar-refractivity contribution in [1.82, 2.24) is 9.97 Å². The number of aromatic nitrogens is 2. The molecule has 0 bridgehead atoms. The fraction of sp³-hybridized carbons (Fsp3) is 0.400. The van der Waals surface area contributed by atoms with Crippen molar-refractivity contribution in [2.24, 2.45) is 11.7 Å². The van der Waals surface area contributed by atoms with E-state index in [9.17, 15) is 4.79 Å². The summed E-state index contributed by atoms with van der Waals surface area (Å²) in [6.45, 7) is 1.92. The Labute approximate surface area is 158 Å². The van der Waals surface area contributed by atoms with Gasteiger partial charge in [-0.05, 0) is 50.0 Å². The highest BCUT2D eigenvalue weighted by Gasteiger charge is 2.24. The second-order valence-electron chi connectivity index (χ2n) is 6.99. The average molecular weight is 369 g/mol. The van der Waals surface area contributed by atoms with Crippen LogP contribution in [0.3, 0.4) is 0 Å². The molecule has 0 aliphatic heterocycles. The van der Waals surface area contributed by atoms with E-state index in [2.05, 4.69) is 34.2 Å². The molecular weight excluding hydrogens is 346 g/mol. The Balaban J connectivity index is 1.73. The van der Waals surface area contributed by atoms with Crippen LogP contribution < -0.4 is 5.73 Å². The fourth-order valence-electron chi connectivity index (χ4n) is 3.70. The van der Waals surface area contributed by atoms with Crippen LogP contribution in [0.4, 0.5) is 0 Å². The zero-order valence-corrected chi connectivity index (χ0v) is 15.6. The van der Waals surface area contributed by atoms with Gasteiger partial charge in [0.25, 0.3) is 0 Å². The second-order valence-corrected chi connectivity index (χ2v) is 7.43. The summed E-state index contributed by atoms with van der Waals surface area (Å²) in [6, 6.07) is 8.43. The summed E-state index contributed by atoms with van der Waals surface area (Å²) in [7, 11) is 0. The number of carbonyl (C=O) groups is 1. The number of hydrogen-bond acceptors (Lipinski definition) is 4. The predicted molar refractivity (Wildman–Crippen MR) is 105 cm³/mol. The van der Waals surface area contributed by atoms with Crippen molar-refractivity contribution in [1.29, 1.82) is 0 Å². The minimum atomic E-state index is -0.687. The third-order valence-electron chi connectivity index (χ3n) is 5.17. The number of carboxylic acids is 1. The van der Waals surface area contributed by atoms with Crippen molar-refractivity contribution >= 4 is 23.2 Å². The van der Waals surface area contributed by atoms with Gasteiger partial charge in [-0.25, -0.2) is 4.98 Å². The SMILES string of the molecule is Cc1ncc(C(N)=S)nc1-c1ccc([C@H]2CC[C@H](CC(=O)O)CC2)cc1. The third kappa shape index (κ3) is 4.25. The first kappa shape index (κ1) is 18.5. The standard InChI is InChI=1S/C20H23N3O2S/c1-12-19(23-17(11-22-12)20(21)26)16-8-6-15(7-9-16)14-4-2-13(3-5-14)10-18(24)25/h6-9,11,13-14H,2-5,10H2,1H3,(H2,21,26)(H,24,25)/t13-,14-. The van der Waals surface area contributed by atoms with E-state index in [1.165, 1.54) is 5.56 Å². The highest BCUT2D eigenvalue weighted by atomic mass is 32.1. The van der Waals surface area contributed by atoms with Gasteiger partial charge < -0.3 is 10.8 Å². The normalized spacial score (nSPS) is 19.9. The van der Waals surface area contributed by atoms with Gasteiger partial charge in [0.1, 0.15) is 10.7 Å². The summed E-state index contributed by atoms with van der Waals surface area (Å²) in [4.78, 5) is 20.0. The Kier molecular flexibility index (Phi) is 5.61. The van der Waals surface area contributed by atoms with Crippen molar-refractivity contribution in [3.05, 3.63) is 47.4 Å². The van der Waals surface area contributed by atoms with Crippen molar-refractivity contribution in [3.8, 4) is 11.3 Å². The van der Waals surface area contributed by atoms with Crippen LogP contribution in [0.2, 0.25) is 0 Å². The number of rotatable bonds is 5. The number of aliphatic carboxylic acids is 1. The first-order chi connectivity index (χ1) is 12.4. The quantitative estimate of drug-likeness (QED) is 0.779. The molecule has 3 N–H and O–H groups in total. The van der Waals surface area contributed by atoms with Crippen LogP contribution in [-0.4, -0.2) is 26.0 Å².